The predicted molar refractivity (Wildman–Crippen MR) is 55.3 cm³/mol. The molecule has 0 saturated heterocycles. The third-order valence-electron chi connectivity index (χ3n) is 2.94. The Balaban J connectivity index is 1.67. The van der Waals surface area contributed by atoms with Gasteiger partial charge >= 0.3 is 0 Å². The lowest BCUT2D eigenvalue weighted by atomic mass is 10.0. The number of aromatic amines is 1. The zero-order valence-electron chi connectivity index (χ0n) is 8.70. The van der Waals surface area contributed by atoms with Gasteiger partial charge in [0.05, 0.1) is 0 Å². The first-order valence-electron chi connectivity index (χ1n) is 5.50. The van der Waals surface area contributed by atoms with Gasteiger partial charge in [0.2, 0.25) is 5.82 Å². The van der Waals surface area contributed by atoms with Gasteiger partial charge in [0, 0.05) is 6.54 Å². The third kappa shape index (κ3) is 2.78. The van der Waals surface area contributed by atoms with Gasteiger partial charge in [-0.15, -0.1) is 0 Å². The van der Waals surface area contributed by atoms with Crippen LogP contribution >= 0.6 is 0 Å². The predicted octanol–water partition coefficient (Wildman–Crippen LogP) is 1.11. The Morgan fingerprint density at radius 2 is 2.33 bits per heavy atom. The molecule has 1 aliphatic rings. The highest BCUT2D eigenvalue weighted by Crippen LogP contribution is 2.26. The van der Waals surface area contributed by atoms with E-state index in [1.54, 1.807) is 0 Å². The average Bonchev–Trinajstić information content (AvgIpc) is 2.90. The van der Waals surface area contributed by atoms with Crippen LogP contribution in [-0.4, -0.2) is 27.6 Å². The largest absolute Gasteiger partial charge is 0.349 e. The van der Waals surface area contributed by atoms with Crippen molar-refractivity contribution in [1.82, 2.24) is 20.5 Å². The summed E-state index contributed by atoms with van der Waals surface area (Å²) in [6, 6.07) is 0. The van der Waals surface area contributed by atoms with E-state index in [-0.39, 0.29) is 5.91 Å². The number of carbonyl (C=O) groups is 1. The highest BCUT2D eigenvalue weighted by molar-refractivity contribution is 5.90. The standard InChI is InChI=1S/C10H16N4O/c15-10(9-12-7-13-14-9)11-6-5-8-3-1-2-4-8/h7-8H,1-6H2,(H,11,15)(H,12,13,14). The molecular formula is C10H16N4O. The summed E-state index contributed by atoms with van der Waals surface area (Å²) in [7, 11) is 0. The van der Waals surface area contributed by atoms with Crippen LogP contribution in [-0.2, 0) is 0 Å². The van der Waals surface area contributed by atoms with Crippen molar-refractivity contribution in [2.75, 3.05) is 6.54 Å². The quantitative estimate of drug-likeness (QED) is 0.778. The van der Waals surface area contributed by atoms with E-state index in [1.165, 1.54) is 32.0 Å². The number of hydrogen-bond acceptors (Lipinski definition) is 3. The summed E-state index contributed by atoms with van der Waals surface area (Å²) in [4.78, 5) is 15.2. The van der Waals surface area contributed by atoms with Crippen LogP contribution in [0.4, 0.5) is 0 Å². The Kier molecular flexibility index (Phi) is 3.32. The normalized spacial score (nSPS) is 16.8. The minimum absolute atomic E-state index is 0.162. The molecule has 1 aromatic heterocycles. The van der Waals surface area contributed by atoms with E-state index in [4.69, 9.17) is 0 Å². The van der Waals surface area contributed by atoms with Gasteiger partial charge < -0.3 is 5.32 Å². The SMILES string of the molecule is O=C(NCCC1CCCC1)c1ncn[nH]1. The van der Waals surface area contributed by atoms with Gasteiger partial charge in [0.15, 0.2) is 0 Å². The molecule has 0 aromatic carbocycles. The summed E-state index contributed by atoms with van der Waals surface area (Å²) in [6.45, 7) is 0.740. The van der Waals surface area contributed by atoms with E-state index in [0.717, 1.165) is 18.9 Å². The first-order valence-corrected chi connectivity index (χ1v) is 5.50. The summed E-state index contributed by atoms with van der Waals surface area (Å²) < 4.78 is 0. The molecule has 5 heteroatoms. The maximum atomic E-state index is 11.4. The van der Waals surface area contributed by atoms with Crippen molar-refractivity contribution >= 4 is 5.91 Å². The molecule has 0 bridgehead atoms. The number of nitrogens with one attached hydrogen (secondary N) is 2. The minimum Gasteiger partial charge on any atom is -0.349 e. The Hall–Kier alpha value is -1.39. The van der Waals surface area contributed by atoms with E-state index >= 15 is 0 Å². The third-order valence-corrected chi connectivity index (χ3v) is 2.94. The van der Waals surface area contributed by atoms with Gasteiger partial charge in [-0.1, -0.05) is 25.7 Å². The summed E-state index contributed by atoms with van der Waals surface area (Å²) in [5.74, 6) is 0.937. The van der Waals surface area contributed by atoms with Crippen LogP contribution < -0.4 is 5.32 Å². The van der Waals surface area contributed by atoms with Crippen LogP contribution in [0.1, 0.15) is 42.7 Å². The molecule has 1 heterocycles. The van der Waals surface area contributed by atoms with Crippen LogP contribution in [0.2, 0.25) is 0 Å². The van der Waals surface area contributed by atoms with Gasteiger partial charge in [-0.3, -0.25) is 9.89 Å². The monoisotopic (exact) mass is 208 g/mol. The topological polar surface area (TPSA) is 70.7 Å². The smallest absolute Gasteiger partial charge is 0.288 e. The highest BCUT2D eigenvalue weighted by Gasteiger charge is 2.15. The average molecular weight is 208 g/mol. The molecule has 1 aliphatic carbocycles. The number of aromatic nitrogens is 3. The Morgan fingerprint density at radius 3 is 3.00 bits per heavy atom. The van der Waals surface area contributed by atoms with Gasteiger partial charge in [0.1, 0.15) is 6.33 Å². The fourth-order valence-electron chi connectivity index (χ4n) is 2.09. The summed E-state index contributed by atoms with van der Waals surface area (Å²) in [6.07, 6.45) is 7.75. The molecule has 0 radical (unpaired) electrons. The second kappa shape index (κ2) is 4.91. The molecule has 1 amide bonds. The molecule has 5 nitrogen and oxygen atoms in total. The van der Waals surface area contributed by atoms with Crippen LogP contribution in [0.3, 0.4) is 0 Å². The van der Waals surface area contributed by atoms with Crippen molar-refractivity contribution in [3.8, 4) is 0 Å². The Labute approximate surface area is 88.7 Å². The number of hydrogen-bond donors (Lipinski definition) is 2. The molecular weight excluding hydrogens is 192 g/mol. The summed E-state index contributed by atoms with van der Waals surface area (Å²) in [5.41, 5.74) is 0. The Bertz CT molecular complexity index is 303. The first-order chi connectivity index (χ1) is 7.36. The number of amides is 1. The molecule has 1 fully saturated rings. The van der Waals surface area contributed by atoms with Gasteiger partial charge in [-0.25, -0.2) is 4.98 Å². The van der Waals surface area contributed by atoms with E-state index < -0.39 is 0 Å². The van der Waals surface area contributed by atoms with Crippen molar-refractivity contribution in [2.24, 2.45) is 5.92 Å². The van der Waals surface area contributed by atoms with Crippen molar-refractivity contribution in [3.63, 3.8) is 0 Å². The molecule has 2 N–H and O–H groups in total. The van der Waals surface area contributed by atoms with E-state index in [1.807, 2.05) is 0 Å². The fourth-order valence-corrected chi connectivity index (χ4v) is 2.09. The van der Waals surface area contributed by atoms with Gasteiger partial charge in [-0.05, 0) is 12.3 Å². The van der Waals surface area contributed by atoms with Gasteiger partial charge in [0.25, 0.3) is 5.91 Å². The number of nitrogens with zero attached hydrogens (tertiary/aromatic N) is 2. The van der Waals surface area contributed by atoms with E-state index in [0.29, 0.717) is 5.82 Å². The van der Waals surface area contributed by atoms with Crippen molar-refractivity contribution in [2.45, 2.75) is 32.1 Å². The lowest BCUT2D eigenvalue weighted by Gasteiger charge is -2.08. The fraction of sp³-hybridized carbons (Fsp3) is 0.700. The first kappa shape index (κ1) is 10.1. The maximum Gasteiger partial charge on any atom is 0.288 e. The number of H-pyrrole nitrogens is 1. The van der Waals surface area contributed by atoms with Gasteiger partial charge in [-0.2, -0.15) is 5.10 Å². The van der Waals surface area contributed by atoms with Crippen LogP contribution in [0.5, 0.6) is 0 Å². The zero-order valence-corrected chi connectivity index (χ0v) is 8.70. The maximum absolute atomic E-state index is 11.4. The number of rotatable bonds is 4. The Morgan fingerprint density at radius 1 is 1.53 bits per heavy atom. The molecule has 82 valence electrons. The second-order valence-electron chi connectivity index (χ2n) is 4.03. The van der Waals surface area contributed by atoms with Crippen molar-refractivity contribution in [3.05, 3.63) is 12.2 Å². The van der Waals surface area contributed by atoms with E-state index in [9.17, 15) is 4.79 Å². The van der Waals surface area contributed by atoms with Crippen molar-refractivity contribution < 1.29 is 4.79 Å². The lowest BCUT2D eigenvalue weighted by molar-refractivity contribution is 0.0941. The zero-order chi connectivity index (χ0) is 10.5. The molecule has 0 atom stereocenters. The molecule has 1 aromatic rings. The molecule has 0 aliphatic heterocycles. The number of carbonyl (C=O) groups excluding carboxylic acids is 1. The molecule has 0 spiro atoms. The van der Waals surface area contributed by atoms with Crippen LogP contribution in [0.15, 0.2) is 6.33 Å². The lowest BCUT2D eigenvalue weighted by Crippen LogP contribution is -2.26. The second-order valence-corrected chi connectivity index (χ2v) is 4.03. The van der Waals surface area contributed by atoms with Crippen LogP contribution in [0, 0.1) is 5.92 Å². The van der Waals surface area contributed by atoms with Crippen LogP contribution in [0.25, 0.3) is 0 Å². The van der Waals surface area contributed by atoms with E-state index in [2.05, 4.69) is 20.5 Å². The highest BCUT2D eigenvalue weighted by atomic mass is 16.2. The molecule has 1 saturated carbocycles. The summed E-state index contributed by atoms with van der Waals surface area (Å²) >= 11 is 0. The molecule has 0 unspecified atom stereocenters. The van der Waals surface area contributed by atoms with Crippen molar-refractivity contribution in [1.29, 1.82) is 0 Å². The minimum atomic E-state index is -0.162. The molecule has 15 heavy (non-hydrogen) atoms. The summed E-state index contributed by atoms with van der Waals surface area (Å²) in [5, 5.41) is 9.01. The molecule has 2 rings (SSSR count).